The van der Waals surface area contributed by atoms with Gasteiger partial charge in [-0.15, -0.1) is 0 Å². The van der Waals surface area contributed by atoms with Gasteiger partial charge in [-0.3, -0.25) is 4.79 Å². The molecule has 0 heterocycles. The monoisotopic (exact) mass is 276 g/mol. The number of nitrogens with one attached hydrogen (secondary N) is 1. The van der Waals surface area contributed by atoms with Gasteiger partial charge in [0.2, 0.25) is 5.91 Å². The van der Waals surface area contributed by atoms with E-state index in [1.807, 2.05) is 13.8 Å². The van der Waals surface area contributed by atoms with Gasteiger partial charge < -0.3 is 5.32 Å². The fraction of sp³-hybridized carbons (Fsp3) is 0.500. The summed E-state index contributed by atoms with van der Waals surface area (Å²) in [4.78, 5) is 12.4. The molecular weight excluding hydrogens is 255 g/mol. The van der Waals surface area contributed by atoms with Crippen molar-refractivity contribution in [1.82, 2.24) is 0 Å². The van der Waals surface area contributed by atoms with Crippen LogP contribution in [0.2, 0.25) is 0 Å². The first kappa shape index (κ1) is 16.2. The third kappa shape index (κ3) is 3.57. The van der Waals surface area contributed by atoms with Gasteiger partial charge in [0, 0.05) is 5.69 Å². The number of rotatable bonds is 6. The number of hydrogen-bond donors (Lipinski definition) is 1. The predicted octanol–water partition coefficient (Wildman–Crippen LogP) is 4.18. The number of aryl methyl sites for hydroxylation is 1. The second kappa shape index (κ2) is 7.04. The summed E-state index contributed by atoms with van der Waals surface area (Å²) >= 11 is 0. The number of nitriles is 1. The molecular formula is C16H21FN2O. The Morgan fingerprint density at radius 2 is 1.95 bits per heavy atom. The number of carbonyl (C=O) groups is 1. The number of nitrogens with zero attached hydrogens (tertiary/aromatic N) is 1. The van der Waals surface area contributed by atoms with E-state index in [-0.39, 0.29) is 11.7 Å². The van der Waals surface area contributed by atoms with Crippen molar-refractivity contribution in [2.75, 3.05) is 5.32 Å². The van der Waals surface area contributed by atoms with E-state index in [0.29, 0.717) is 24.1 Å². The Bertz CT molecular complexity index is 514. The summed E-state index contributed by atoms with van der Waals surface area (Å²) in [6, 6.07) is 6.70. The maximum Gasteiger partial charge on any atom is 0.244 e. The van der Waals surface area contributed by atoms with E-state index in [0.717, 1.165) is 12.8 Å². The Labute approximate surface area is 119 Å². The van der Waals surface area contributed by atoms with E-state index in [1.54, 1.807) is 19.1 Å². The third-order valence-corrected chi connectivity index (χ3v) is 3.43. The van der Waals surface area contributed by atoms with Gasteiger partial charge in [0.05, 0.1) is 6.07 Å². The van der Waals surface area contributed by atoms with Crippen LogP contribution in [0.3, 0.4) is 0 Å². The highest BCUT2D eigenvalue weighted by Gasteiger charge is 2.36. The highest BCUT2D eigenvalue weighted by molar-refractivity contribution is 5.97. The Kier molecular flexibility index (Phi) is 5.69. The lowest BCUT2D eigenvalue weighted by atomic mass is 9.79. The Morgan fingerprint density at radius 3 is 2.40 bits per heavy atom. The predicted molar refractivity (Wildman–Crippen MR) is 77.6 cm³/mol. The van der Waals surface area contributed by atoms with Crippen LogP contribution >= 0.6 is 0 Å². The van der Waals surface area contributed by atoms with Crippen LogP contribution in [0.25, 0.3) is 0 Å². The third-order valence-electron chi connectivity index (χ3n) is 3.43. The van der Waals surface area contributed by atoms with E-state index >= 15 is 0 Å². The zero-order valence-corrected chi connectivity index (χ0v) is 12.3. The molecule has 0 fully saturated rings. The SMILES string of the molecule is CCCC(C#N)(CCC)C(=O)Nc1ccc(C)c(F)c1. The van der Waals surface area contributed by atoms with Crippen molar-refractivity contribution in [2.24, 2.45) is 5.41 Å². The average Bonchev–Trinajstić information content (AvgIpc) is 2.42. The number of carbonyl (C=O) groups excluding carboxylic acids is 1. The summed E-state index contributed by atoms with van der Waals surface area (Å²) in [5, 5.41) is 12.1. The lowest BCUT2D eigenvalue weighted by Gasteiger charge is -2.24. The highest BCUT2D eigenvalue weighted by Crippen LogP contribution is 2.31. The van der Waals surface area contributed by atoms with Gasteiger partial charge in [-0.1, -0.05) is 32.8 Å². The Hall–Kier alpha value is -1.89. The lowest BCUT2D eigenvalue weighted by Crippen LogP contribution is -2.35. The van der Waals surface area contributed by atoms with Crippen molar-refractivity contribution < 1.29 is 9.18 Å². The number of amides is 1. The molecule has 0 saturated carbocycles. The van der Waals surface area contributed by atoms with Crippen molar-refractivity contribution >= 4 is 11.6 Å². The van der Waals surface area contributed by atoms with E-state index in [2.05, 4.69) is 11.4 Å². The number of hydrogen-bond acceptors (Lipinski definition) is 2. The quantitative estimate of drug-likeness (QED) is 0.847. The molecule has 0 saturated heterocycles. The van der Waals surface area contributed by atoms with Crippen molar-refractivity contribution in [2.45, 2.75) is 46.5 Å². The smallest absolute Gasteiger partial charge is 0.244 e. The molecule has 108 valence electrons. The minimum Gasteiger partial charge on any atom is -0.325 e. The van der Waals surface area contributed by atoms with Gasteiger partial charge in [0.1, 0.15) is 11.2 Å². The van der Waals surface area contributed by atoms with Crippen molar-refractivity contribution in [3.05, 3.63) is 29.6 Å². The fourth-order valence-corrected chi connectivity index (χ4v) is 2.29. The Morgan fingerprint density at radius 1 is 1.35 bits per heavy atom. The second-order valence-corrected chi connectivity index (χ2v) is 5.11. The molecule has 0 spiro atoms. The van der Waals surface area contributed by atoms with E-state index < -0.39 is 5.41 Å². The molecule has 1 N–H and O–H groups in total. The molecule has 4 heteroatoms. The van der Waals surface area contributed by atoms with E-state index in [4.69, 9.17) is 0 Å². The minimum atomic E-state index is -1.02. The van der Waals surface area contributed by atoms with Crippen molar-refractivity contribution in [1.29, 1.82) is 5.26 Å². The zero-order valence-electron chi connectivity index (χ0n) is 12.3. The molecule has 0 bridgehead atoms. The van der Waals surface area contributed by atoms with Crippen LogP contribution in [0.15, 0.2) is 18.2 Å². The largest absolute Gasteiger partial charge is 0.325 e. The molecule has 0 aliphatic carbocycles. The van der Waals surface area contributed by atoms with Crippen LogP contribution in [-0.4, -0.2) is 5.91 Å². The number of halogens is 1. The number of benzene rings is 1. The first-order chi connectivity index (χ1) is 9.49. The van der Waals surface area contributed by atoms with Gasteiger partial charge in [-0.05, 0) is 37.5 Å². The van der Waals surface area contributed by atoms with Crippen LogP contribution in [0, 0.1) is 29.5 Å². The molecule has 1 amide bonds. The van der Waals surface area contributed by atoms with Gasteiger partial charge in [-0.2, -0.15) is 5.26 Å². The molecule has 0 aromatic heterocycles. The molecule has 0 atom stereocenters. The summed E-state index contributed by atoms with van der Waals surface area (Å²) < 4.78 is 13.5. The fourth-order valence-electron chi connectivity index (χ4n) is 2.29. The molecule has 0 aliphatic heterocycles. The van der Waals surface area contributed by atoms with Gasteiger partial charge in [0.25, 0.3) is 0 Å². The molecule has 1 aromatic carbocycles. The first-order valence-electron chi connectivity index (χ1n) is 6.98. The van der Waals surface area contributed by atoms with Gasteiger partial charge >= 0.3 is 0 Å². The van der Waals surface area contributed by atoms with Crippen LogP contribution in [-0.2, 0) is 4.79 Å². The van der Waals surface area contributed by atoms with Crippen LogP contribution in [0.4, 0.5) is 10.1 Å². The summed E-state index contributed by atoms with van der Waals surface area (Å²) in [5.74, 6) is -0.705. The van der Waals surface area contributed by atoms with Gasteiger partial charge in [-0.25, -0.2) is 4.39 Å². The number of anilines is 1. The maximum absolute atomic E-state index is 13.5. The highest BCUT2D eigenvalue weighted by atomic mass is 19.1. The zero-order chi connectivity index (χ0) is 15.2. The van der Waals surface area contributed by atoms with E-state index in [1.165, 1.54) is 6.07 Å². The summed E-state index contributed by atoms with van der Waals surface area (Å²) in [5.41, 5.74) is -0.105. The van der Waals surface area contributed by atoms with Gasteiger partial charge in [0.15, 0.2) is 0 Å². The first-order valence-corrected chi connectivity index (χ1v) is 6.98. The molecule has 1 rings (SSSR count). The molecule has 3 nitrogen and oxygen atoms in total. The van der Waals surface area contributed by atoms with Crippen LogP contribution in [0.5, 0.6) is 0 Å². The maximum atomic E-state index is 13.5. The van der Waals surface area contributed by atoms with Crippen molar-refractivity contribution in [3.63, 3.8) is 0 Å². The lowest BCUT2D eigenvalue weighted by molar-refractivity contribution is -0.123. The van der Waals surface area contributed by atoms with E-state index in [9.17, 15) is 14.4 Å². The van der Waals surface area contributed by atoms with Crippen LogP contribution < -0.4 is 5.32 Å². The summed E-state index contributed by atoms with van der Waals surface area (Å²) in [6.45, 7) is 5.55. The molecule has 0 aliphatic rings. The topological polar surface area (TPSA) is 52.9 Å². The molecule has 20 heavy (non-hydrogen) atoms. The normalized spacial score (nSPS) is 10.9. The molecule has 1 aromatic rings. The standard InChI is InChI=1S/C16H21FN2O/c1-4-8-16(11-18,9-5-2)15(20)19-13-7-6-12(3)14(17)10-13/h6-7,10H,4-5,8-9H2,1-3H3,(H,19,20). The average molecular weight is 276 g/mol. The van der Waals surface area contributed by atoms with Crippen LogP contribution in [0.1, 0.15) is 45.1 Å². The molecule has 0 radical (unpaired) electrons. The summed E-state index contributed by atoms with van der Waals surface area (Å²) in [7, 11) is 0. The second-order valence-electron chi connectivity index (χ2n) is 5.11. The minimum absolute atomic E-state index is 0.341. The Balaban J connectivity index is 2.96. The summed E-state index contributed by atoms with van der Waals surface area (Å²) in [6.07, 6.45) is 2.53. The van der Waals surface area contributed by atoms with Crippen molar-refractivity contribution in [3.8, 4) is 6.07 Å². The molecule has 0 unspecified atom stereocenters.